The molecule has 0 aliphatic rings. The minimum atomic E-state index is -3.22. The average molecular weight is 288 g/mol. The van der Waals surface area contributed by atoms with Gasteiger partial charge in [-0.3, -0.25) is 0 Å². The predicted molar refractivity (Wildman–Crippen MR) is 73.9 cm³/mol. The first kappa shape index (κ1) is 15.7. The fraction of sp³-hybridized carbons (Fsp3) is 0.500. The average Bonchev–Trinajstić information content (AvgIpc) is 2.39. The number of ether oxygens (including phenoxy) is 1. The molecule has 0 saturated carbocycles. The lowest BCUT2D eigenvalue weighted by Gasteiger charge is -2.16. The summed E-state index contributed by atoms with van der Waals surface area (Å²) < 4.78 is 29.9. The van der Waals surface area contributed by atoms with Crippen molar-refractivity contribution in [2.24, 2.45) is 0 Å². The second-order valence-electron chi connectivity index (χ2n) is 4.12. The molecule has 0 amide bonds. The number of phenols is 1. The number of rotatable bonds is 7. The Kier molecular flexibility index (Phi) is 5.59. The van der Waals surface area contributed by atoms with Gasteiger partial charge in [0.2, 0.25) is 10.0 Å². The smallest absolute Gasteiger partial charge is 0.212 e. The molecule has 1 aromatic rings. The van der Waals surface area contributed by atoms with Crippen LogP contribution in [0.25, 0.3) is 0 Å². The topological polar surface area (TPSA) is 87.7 Å². The third-order valence-electron chi connectivity index (χ3n) is 2.83. The third kappa shape index (κ3) is 4.70. The van der Waals surface area contributed by atoms with E-state index < -0.39 is 10.0 Å². The van der Waals surface area contributed by atoms with E-state index >= 15 is 0 Å². The van der Waals surface area contributed by atoms with E-state index in [4.69, 9.17) is 4.74 Å². The monoisotopic (exact) mass is 288 g/mol. The predicted octanol–water partition coefficient (Wildman–Crippen LogP) is 0.601. The summed E-state index contributed by atoms with van der Waals surface area (Å²) >= 11 is 0. The molecule has 1 rings (SSSR count). The molecule has 0 aromatic heterocycles. The maximum absolute atomic E-state index is 11.3. The zero-order valence-electron chi connectivity index (χ0n) is 11.3. The fourth-order valence-corrected chi connectivity index (χ4v) is 2.22. The van der Waals surface area contributed by atoms with Crippen LogP contribution in [0.4, 0.5) is 0 Å². The van der Waals surface area contributed by atoms with Crippen LogP contribution >= 0.6 is 0 Å². The molecule has 0 spiro atoms. The van der Waals surface area contributed by atoms with Gasteiger partial charge in [-0.05, 0) is 32.2 Å². The van der Waals surface area contributed by atoms with Gasteiger partial charge in [-0.1, -0.05) is 0 Å². The molecule has 0 fully saturated rings. The lowest BCUT2D eigenvalue weighted by molar-refractivity contribution is 0.408. The van der Waals surface area contributed by atoms with Crippen molar-refractivity contribution < 1.29 is 18.3 Å². The number of phenolic OH excluding ortho intramolecular Hbond substituents is 1. The summed E-state index contributed by atoms with van der Waals surface area (Å²) in [5, 5.41) is 12.8. The van der Waals surface area contributed by atoms with Gasteiger partial charge in [-0.2, -0.15) is 0 Å². The van der Waals surface area contributed by atoms with E-state index in [1.807, 2.05) is 6.92 Å². The van der Waals surface area contributed by atoms with E-state index in [0.29, 0.717) is 17.9 Å². The van der Waals surface area contributed by atoms with E-state index in [0.717, 1.165) is 0 Å². The molecule has 1 unspecified atom stereocenters. The number of methoxy groups -OCH3 is 1. The Hall–Kier alpha value is -1.31. The fourth-order valence-electron chi connectivity index (χ4n) is 1.63. The van der Waals surface area contributed by atoms with Crippen molar-refractivity contribution in [2.45, 2.75) is 13.0 Å². The summed E-state index contributed by atoms with van der Waals surface area (Å²) in [7, 11) is -0.289. The van der Waals surface area contributed by atoms with E-state index in [1.54, 1.807) is 25.3 Å². The van der Waals surface area contributed by atoms with Crippen molar-refractivity contribution in [1.29, 1.82) is 0 Å². The number of hydrogen-bond acceptors (Lipinski definition) is 5. The second-order valence-corrected chi connectivity index (χ2v) is 6.17. The standard InChI is InChI=1S/C12H20N2O4S/c1-9(14-6-7-19(16,17)13-2)11-8-10(18-3)4-5-12(11)15/h4-5,8-9,13-15H,6-7H2,1-3H3. The summed E-state index contributed by atoms with van der Waals surface area (Å²) in [5.74, 6) is 0.778. The van der Waals surface area contributed by atoms with Gasteiger partial charge in [0.1, 0.15) is 11.5 Å². The maximum Gasteiger partial charge on any atom is 0.212 e. The minimum Gasteiger partial charge on any atom is -0.508 e. The van der Waals surface area contributed by atoms with Crippen LogP contribution in [0.15, 0.2) is 18.2 Å². The normalized spacial score (nSPS) is 13.2. The highest BCUT2D eigenvalue weighted by atomic mass is 32.2. The Morgan fingerprint density at radius 3 is 2.68 bits per heavy atom. The molecular formula is C12H20N2O4S. The zero-order chi connectivity index (χ0) is 14.5. The van der Waals surface area contributed by atoms with Crippen molar-refractivity contribution in [3.8, 4) is 11.5 Å². The molecule has 1 aromatic carbocycles. The third-order valence-corrected chi connectivity index (χ3v) is 4.20. The summed E-state index contributed by atoms with van der Waals surface area (Å²) in [4.78, 5) is 0. The lowest BCUT2D eigenvalue weighted by Crippen LogP contribution is -2.30. The van der Waals surface area contributed by atoms with Gasteiger partial charge < -0.3 is 15.2 Å². The molecule has 0 aliphatic heterocycles. The van der Waals surface area contributed by atoms with Crippen molar-refractivity contribution >= 4 is 10.0 Å². The molecule has 0 heterocycles. The summed E-state index contributed by atoms with van der Waals surface area (Å²) in [6.07, 6.45) is 0. The first-order valence-corrected chi connectivity index (χ1v) is 7.56. The van der Waals surface area contributed by atoms with Crippen LogP contribution < -0.4 is 14.8 Å². The molecule has 7 heteroatoms. The van der Waals surface area contributed by atoms with E-state index in [2.05, 4.69) is 10.0 Å². The van der Waals surface area contributed by atoms with Gasteiger partial charge in [-0.15, -0.1) is 0 Å². The van der Waals surface area contributed by atoms with Gasteiger partial charge >= 0.3 is 0 Å². The van der Waals surface area contributed by atoms with Crippen LogP contribution in [-0.2, 0) is 10.0 Å². The molecule has 0 saturated heterocycles. The summed E-state index contributed by atoms with van der Waals surface area (Å²) in [5.41, 5.74) is 0.668. The highest BCUT2D eigenvalue weighted by Gasteiger charge is 2.13. The quantitative estimate of drug-likeness (QED) is 0.684. The molecule has 0 bridgehead atoms. The van der Waals surface area contributed by atoms with Crippen molar-refractivity contribution in [3.63, 3.8) is 0 Å². The van der Waals surface area contributed by atoms with Crippen LogP contribution in [0, 0.1) is 0 Å². The molecule has 6 nitrogen and oxygen atoms in total. The molecule has 3 N–H and O–H groups in total. The largest absolute Gasteiger partial charge is 0.508 e. The first-order chi connectivity index (χ1) is 8.89. The Morgan fingerprint density at radius 1 is 1.42 bits per heavy atom. The van der Waals surface area contributed by atoms with E-state index in [-0.39, 0.29) is 17.5 Å². The Labute approximate surface area is 113 Å². The maximum atomic E-state index is 11.3. The molecule has 108 valence electrons. The molecule has 19 heavy (non-hydrogen) atoms. The molecule has 0 aliphatic carbocycles. The number of aromatic hydroxyl groups is 1. The number of sulfonamides is 1. The molecule has 1 atom stereocenters. The minimum absolute atomic E-state index is 0.0153. The summed E-state index contributed by atoms with van der Waals surface area (Å²) in [6.45, 7) is 2.14. The number of hydrogen-bond donors (Lipinski definition) is 3. The molecule has 0 radical (unpaired) electrons. The van der Waals surface area contributed by atoms with Crippen LogP contribution in [0.1, 0.15) is 18.5 Å². The van der Waals surface area contributed by atoms with Crippen LogP contribution in [0.3, 0.4) is 0 Å². The van der Waals surface area contributed by atoms with E-state index in [1.165, 1.54) is 7.05 Å². The van der Waals surface area contributed by atoms with Crippen molar-refractivity contribution in [3.05, 3.63) is 23.8 Å². The second kappa shape index (κ2) is 6.74. The van der Waals surface area contributed by atoms with Crippen molar-refractivity contribution in [1.82, 2.24) is 10.0 Å². The highest BCUT2D eigenvalue weighted by molar-refractivity contribution is 7.89. The Bertz CT molecular complexity index is 516. The zero-order valence-corrected chi connectivity index (χ0v) is 12.1. The van der Waals surface area contributed by atoms with Gasteiger partial charge in [-0.25, -0.2) is 13.1 Å². The van der Waals surface area contributed by atoms with Crippen LogP contribution in [0.5, 0.6) is 11.5 Å². The van der Waals surface area contributed by atoms with Gasteiger partial charge in [0.05, 0.1) is 12.9 Å². The SMILES string of the molecule is CNS(=O)(=O)CCNC(C)c1cc(OC)ccc1O. The van der Waals surface area contributed by atoms with Gasteiger partial charge in [0.25, 0.3) is 0 Å². The highest BCUT2D eigenvalue weighted by Crippen LogP contribution is 2.28. The van der Waals surface area contributed by atoms with Gasteiger partial charge in [0, 0.05) is 18.2 Å². The van der Waals surface area contributed by atoms with Crippen molar-refractivity contribution in [2.75, 3.05) is 26.5 Å². The lowest BCUT2D eigenvalue weighted by atomic mass is 10.1. The molecular weight excluding hydrogens is 268 g/mol. The Morgan fingerprint density at radius 2 is 2.11 bits per heavy atom. The number of nitrogens with one attached hydrogen (secondary N) is 2. The van der Waals surface area contributed by atoms with Crippen LogP contribution in [-0.4, -0.2) is 40.0 Å². The van der Waals surface area contributed by atoms with Gasteiger partial charge in [0.15, 0.2) is 0 Å². The first-order valence-electron chi connectivity index (χ1n) is 5.91. The van der Waals surface area contributed by atoms with E-state index in [9.17, 15) is 13.5 Å². The number of benzene rings is 1. The van der Waals surface area contributed by atoms with Crippen LogP contribution in [0.2, 0.25) is 0 Å². The summed E-state index contributed by atoms with van der Waals surface area (Å²) in [6, 6.07) is 4.76. The Balaban J connectivity index is 2.65.